The SMILES string of the molecule is CC(CS(C)(=O)=O)Nc1ccc([N+](=O)[O-])cc1Br. The fraction of sp³-hybridized carbons (Fsp3) is 0.400. The van der Waals surface area contributed by atoms with Gasteiger partial charge in [0.05, 0.1) is 10.7 Å². The van der Waals surface area contributed by atoms with E-state index in [4.69, 9.17) is 0 Å². The van der Waals surface area contributed by atoms with E-state index >= 15 is 0 Å². The summed E-state index contributed by atoms with van der Waals surface area (Å²) in [7, 11) is -3.06. The Morgan fingerprint density at radius 1 is 1.50 bits per heavy atom. The number of nitrogens with one attached hydrogen (secondary N) is 1. The first kappa shape index (κ1) is 14.9. The van der Waals surface area contributed by atoms with E-state index in [-0.39, 0.29) is 17.5 Å². The van der Waals surface area contributed by atoms with E-state index in [1.807, 2.05) is 0 Å². The molecule has 1 aromatic rings. The minimum absolute atomic E-state index is 0.00354. The average molecular weight is 337 g/mol. The van der Waals surface area contributed by atoms with Crippen molar-refractivity contribution in [1.82, 2.24) is 0 Å². The Bertz CT molecular complexity index is 559. The maximum absolute atomic E-state index is 11.1. The largest absolute Gasteiger partial charge is 0.381 e. The highest BCUT2D eigenvalue weighted by Crippen LogP contribution is 2.27. The molecule has 0 heterocycles. The van der Waals surface area contributed by atoms with Crippen molar-refractivity contribution in [2.75, 3.05) is 17.3 Å². The topological polar surface area (TPSA) is 89.3 Å². The second-order valence-corrected chi connectivity index (χ2v) is 7.10. The molecule has 0 aliphatic carbocycles. The number of anilines is 1. The molecule has 1 rings (SSSR count). The summed E-state index contributed by atoms with van der Waals surface area (Å²) in [4.78, 5) is 10.1. The maximum atomic E-state index is 11.1. The number of rotatable bonds is 5. The molecule has 1 unspecified atom stereocenters. The van der Waals surface area contributed by atoms with Crippen LogP contribution in [0.1, 0.15) is 6.92 Å². The summed E-state index contributed by atoms with van der Waals surface area (Å²) < 4.78 is 22.8. The van der Waals surface area contributed by atoms with Gasteiger partial charge in [-0.3, -0.25) is 10.1 Å². The van der Waals surface area contributed by atoms with Gasteiger partial charge in [-0.15, -0.1) is 0 Å². The van der Waals surface area contributed by atoms with Crippen molar-refractivity contribution in [2.24, 2.45) is 0 Å². The predicted molar refractivity (Wildman–Crippen MR) is 73.6 cm³/mol. The normalized spacial score (nSPS) is 13.1. The van der Waals surface area contributed by atoms with Crippen molar-refractivity contribution in [1.29, 1.82) is 0 Å². The molecule has 0 amide bonds. The van der Waals surface area contributed by atoms with Crippen molar-refractivity contribution in [3.63, 3.8) is 0 Å². The molecule has 0 spiro atoms. The van der Waals surface area contributed by atoms with E-state index in [0.717, 1.165) is 6.26 Å². The van der Waals surface area contributed by atoms with Crippen LogP contribution in [0.25, 0.3) is 0 Å². The van der Waals surface area contributed by atoms with Gasteiger partial charge in [-0.05, 0) is 28.9 Å². The number of hydrogen-bond donors (Lipinski definition) is 1. The molecule has 1 aromatic carbocycles. The number of nitro benzene ring substituents is 1. The number of nitrogens with zero attached hydrogens (tertiary/aromatic N) is 1. The summed E-state index contributed by atoms with van der Waals surface area (Å²) in [6.07, 6.45) is 1.16. The highest BCUT2D eigenvalue weighted by atomic mass is 79.9. The van der Waals surface area contributed by atoms with E-state index in [0.29, 0.717) is 10.2 Å². The molecule has 0 aromatic heterocycles. The first-order valence-electron chi connectivity index (χ1n) is 5.07. The Morgan fingerprint density at radius 2 is 2.11 bits per heavy atom. The second-order valence-electron chi connectivity index (χ2n) is 4.06. The molecular formula is C10H13BrN2O4S. The lowest BCUT2D eigenvalue weighted by Crippen LogP contribution is -2.25. The fourth-order valence-corrected chi connectivity index (χ4v) is 2.97. The zero-order chi connectivity index (χ0) is 13.9. The van der Waals surface area contributed by atoms with Crippen LogP contribution in [-0.2, 0) is 9.84 Å². The van der Waals surface area contributed by atoms with Crippen molar-refractivity contribution in [3.05, 3.63) is 32.8 Å². The molecule has 0 bridgehead atoms. The zero-order valence-electron chi connectivity index (χ0n) is 9.88. The molecule has 0 aliphatic heterocycles. The van der Waals surface area contributed by atoms with Crippen LogP contribution in [-0.4, -0.2) is 31.4 Å². The average Bonchev–Trinajstić information content (AvgIpc) is 2.17. The van der Waals surface area contributed by atoms with E-state index in [1.54, 1.807) is 13.0 Å². The number of sulfone groups is 1. The molecule has 1 atom stereocenters. The number of hydrogen-bond acceptors (Lipinski definition) is 5. The molecule has 0 saturated carbocycles. The first-order chi connectivity index (χ1) is 8.19. The minimum atomic E-state index is -3.06. The van der Waals surface area contributed by atoms with Crippen LogP contribution in [0, 0.1) is 10.1 Å². The lowest BCUT2D eigenvalue weighted by Gasteiger charge is -2.15. The van der Waals surface area contributed by atoms with Crippen LogP contribution in [0.15, 0.2) is 22.7 Å². The van der Waals surface area contributed by atoms with Gasteiger partial charge in [-0.25, -0.2) is 8.42 Å². The standard InChI is InChI=1S/C10H13BrN2O4S/c1-7(6-18(2,16)17)12-10-4-3-8(13(14)15)5-9(10)11/h3-5,7,12H,6H2,1-2H3. The van der Waals surface area contributed by atoms with Gasteiger partial charge >= 0.3 is 0 Å². The van der Waals surface area contributed by atoms with Gasteiger partial charge < -0.3 is 5.32 Å². The van der Waals surface area contributed by atoms with Gasteiger partial charge in [0.1, 0.15) is 9.84 Å². The highest BCUT2D eigenvalue weighted by molar-refractivity contribution is 9.10. The minimum Gasteiger partial charge on any atom is -0.381 e. The third-order valence-electron chi connectivity index (χ3n) is 2.12. The lowest BCUT2D eigenvalue weighted by molar-refractivity contribution is -0.384. The van der Waals surface area contributed by atoms with Gasteiger partial charge in [-0.1, -0.05) is 0 Å². The van der Waals surface area contributed by atoms with Crippen LogP contribution in [0.2, 0.25) is 0 Å². The van der Waals surface area contributed by atoms with E-state index in [2.05, 4.69) is 21.2 Å². The molecule has 0 fully saturated rings. The monoisotopic (exact) mass is 336 g/mol. The molecule has 100 valence electrons. The summed E-state index contributed by atoms with van der Waals surface area (Å²) in [5.41, 5.74) is 0.597. The molecule has 18 heavy (non-hydrogen) atoms. The van der Waals surface area contributed by atoms with E-state index in [1.165, 1.54) is 12.1 Å². The number of benzene rings is 1. The Hall–Kier alpha value is -1.15. The molecular weight excluding hydrogens is 324 g/mol. The first-order valence-corrected chi connectivity index (χ1v) is 7.92. The smallest absolute Gasteiger partial charge is 0.270 e. The summed E-state index contributed by atoms with van der Waals surface area (Å²) in [5, 5.41) is 13.5. The van der Waals surface area contributed by atoms with Crippen LogP contribution < -0.4 is 5.32 Å². The Labute approximate surface area is 114 Å². The molecule has 0 radical (unpaired) electrons. The number of halogens is 1. The molecule has 8 heteroatoms. The number of non-ortho nitro benzene ring substituents is 1. The van der Waals surface area contributed by atoms with E-state index < -0.39 is 14.8 Å². The quantitative estimate of drug-likeness (QED) is 0.657. The predicted octanol–water partition coefficient (Wildman–Crippen LogP) is 2.20. The molecule has 6 nitrogen and oxygen atoms in total. The van der Waals surface area contributed by atoms with Crippen molar-refractivity contribution in [2.45, 2.75) is 13.0 Å². The lowest BCUT2D eigenvalue weighted by atomic mass is 10.2. The van der Waals surface area contributed by atoms with Gasteiger partial charge in [-0.2, -0.15) is 0 Å². The van der Waals surface area contributed by atoms with Crippen LogP contribution in [0.5, 0.6) is 0 Å². The van der Waals surface area contributed by atoms with E-state index in [9.17, 15) is 18.5 Å². The summed E-state index contributed by atoms with van der Waals surface area (Å²) in [6.45, 7) is 1.73. The fourth-order valence-electron chi connectivity index (χ4n) is 1.50. The Morgan fingerprint density at radius 3 is 2.56 bits per heavy atom. The molecule has 1 N–H and O–H groups in total. The Balaban J connectivity index is 2.83. The van der Waals surface area contributed by atoms with Crippen molar-refractivity contribution in [3.8, 4) is 0 Å². The molecule has 0 saturated heterocycles. The number of nitro groups is 1. The van der Waals surface area contributed by atoms with Crippen molar-refractivity contribution < 1.29 is 13.3 Å². The third kappa shape index (κ3) is 4.61. The van der Waals surface area contributed by atoms with Crippen LogP contribution >= 0.6 is 15.9 Å². The van der Waals surface area contributed by atoms with Gasteiger partial charge in [0, 0.05) is 34.6 Å². The van der Waals surface area contributed by atoms with Gasteiger partial charge in [0.15, 0.2) is 0 Å². The zero-order valence-corrected chi connectivity index (χ0v) is 12.3. The van der Waals surface area contributed by atoms with Crippen LogP contribution in [0.3, 0.4) is 0 Å². The van der Waals surface area contributed by atoms with Gasteiger partial charge in [0.25, 0.3) is 5.69 Å². The highest BCUT2D eigenvalue weighted by Gasteiger charge is 2.13. The maximum Gasteiger partial charge on any atom is 0.270 e. The van der Waals surface area contributed by atoms with Crippen LogP contribution in [0.4, 0.5) is 11.4 Å². The molecule has 0 aliphatic rings. The van der Waals surface area contributed by atoms with Gasteiger partial charge in [0.2, 0.25) is 0 Å². The Kier molecular flexibility index (Phi) is 4.69. The summed E-state index contributed by atoms with van der Waals surface area (Å²) in [5.74, 6) is -0.00354. The summed E-state index contributed by atoms with van der Waals surface area (Å²) in [6, 6.07) is 3.99. The second kappa shape index (κ2) is 5.66. The van der Waals surface area contributed by atoms with Crippen molar-refractivity contribution >= 4 is 37.1 Å². The third-order valence-corrected chi connectivity index (χ3v) is 3.88. The summed E-state index contributed by atoms with van der Waals surface area (Å²) >= 11 is 3.21.